The van der Waals surface area contributed by atoms with Gasteiger partial charge in [-0.3, -0.25) is 9.59 Å². The molecule has 0 radical (unpaired) electrons. The molecule has 1 saturated carbocycles. The van der Waals surface area contributed by atoms with Gasteiger partial charge < -0.3 is 23.9 Å². The Labute approximate surface area is 184 Å². The van der Waals surface area contributed by atoms with Crippen molar-refractivity contribution >= 4 is 22.9 Å². The van der Waals surface area contributed by atoms with E-state index in [0.717, 1.165) is 24.8 Å². The van der Waals surface area contributed by atoms with Crippen molar-refractivity contribution in [2.45, 2.75) is 84.0 Å². The molecule has 2 aromatic heterocycles. The van der Waals surface area contributed by atoms with Gasteiger partial charge in [0, 0.05) is 31.3 Å². The Hall–Kier alpha value is -2.28. The number of hydrogen-bond donors (Lipinski definition) is 1. The first kappa shape index (κ1) is 21.9. The van der Waals surface area contributed by atoms with Gasteiger partial charge in [0.25, 0.3) is 5.91 Å². The molecule has 0 aromatic carbocycles. The van der Waals surface area contributed by atoms with Crippen LogP contribution in [0.3, 0.4) is 0 Å². The van der Waals surface area contributed by atoms with Gasteiger partial charge in [-0.05, 0) is 46.0 Å². The molecule has 1 N–H and O–H groups in total. The molecule has 0 unspecified atom stereocenters. The Morgan fingerprint density at radius 3 is 2.87 bits per heavy atom. The van der Waals surface area contributed by atoms with Crippen molar-refractivity contribution in [3.8, 4) is 0 Å². The Bertz CT molecular complexity index is 946. The topological polar surface area (TPSA) is 76.7 Å². The number of carbonyl (C=O) groups is 2. The molecule has 1 aliphatic carbocycles. The molecule has 2 aliphatic rings. The van der Waals surface area contributed by atoms with Crippen molar-refractivity contribution in [2.75, 3.05) is 13.2 Å². The van der Waals surface area contributed by atoms with Crippen LogP contribution in [0.25, 0.3) is 11.1 Å². The first-order valence-electron chi connectivity index (χ1n) is 11.6. The smallest absolute Gasteiger partial charge is 0.271 e. The molecule has 1 fully saturated rings. The van der Waals surface area contributed by atoms with Crippen LogP contribution in [0.2, 0.25) is 0 Å². The Kier molecular flexibility index (Phi) is 6.15. The van der Waals surface area contributed by atoms with Gasteiger partial charge in [-0.1, -0.05) is 19.8 Å². The van der Waals surface area contributed by atoms with Crippen molar-refractivity contribution < 1.29 is 18.7 Å². The van der Waals surface area contributed by atoms with Crippen LogP contribution in [0.4, 0.5) is 0 Å². The average molecular weight is 430 g/mol. The Morgan fingerprint density at radius 2 is 2.13 bits per heavy atom. The summed E-state index contributed by atoms with van der Waals surface area (Å²) >= 11 is 0. The SMILES string of the molecule is CC(C)OCCCN1C(=O)c2cc3occc3n2C[C@]1(C)C(=O)N[C@@H]1CCCC[C@@H]1C. The number of aromatic nitrogens is 1. The molecule has 0 spiro atoms. The van der Waals surface area contributed by atoms with Gasteiger partial charge in [0.15, 0.2) is 5.58 Å². The van der Waals surface area contributed by atoms with Gasteiger partial charge >= 0.3 is 0 Å². The lowest BCUT2D eigenvalue weighted by molar-refractivity contribution is -0.134. The summed E-state index contributed by atoms with van der Waals surface area (Å²) in [6.45, 7) is 9.54. The van der Waals surface area contributed by atoms with Gasteiger partial charge in [0.05, 0.1) is 24.4 Å². The maximum Gasteiger partial charge on any atom is 0.271 e. The van der Waals surface area contributed by atoms with Crippen LogP contribution in [0.1, 0.15) is 70.3 Å². The van der Waals surface area contributed by atoms with E-state index in [1.807, 2.05) is 31.4 Å². The fourth-order valence-electron chi connectivity index (χ4n) is 5.02. The number of fused-ring (bicyclic) bond motifs is 3. The van der Waals surface area contributed by atoms with Crippen molar-refractivity contribution in [3.63, 3.8) is 0 Å². The summed E-state index contributed by atoms with van der Waals surface area (Å²) in [5.74, 6) is 0.258. The number of nitrogens with one attached hydrogen (secondary N) is 1. The zero-order valence-electron chi connectivity index (χ0n) is 19.1. The first-order valence-corrected chi connectivity index (χ1v) is 11.6. The molecule has 1 aliphatic heterocycles. The van der Waals surface area contributed by atoms with Gasteiger partial charge in [-0.15, -0.1) is 0 Å². The van der Waals surface area contributed by atoms with Crippen LogP contribution in [0, 0.1) is 5.92 Å². The third-order valence-corrected chi connectivity index (χ3v) is 6.94. The molecule has 7 heteroatoms. The summed E-state index contributed by atoms with van der Waals surface area (Å²) < 4.78 is 13.1. The highest BCUT2D eigenvalue weighted by Gasteiger charge is 2.48. The first-order chi connectivity index (χ1) is 14.8. The maximum absolute atomic E-state index is 13.7. The summed E-state index contributed by atoms with van der Waals surface area (Å²) in [6.07, 6.45) is 6.94. The number of nitrogens with zero attached hydrogens (tertiary/aromatic N) is 2. The predicted molar refractivity (Wildman–Crippen MR) is 119 cm³/mol. The third-order valence-electron chi connectivity index (χ3n) is 6.94. The summed E-state index contributed by atoms with van der Waals surface area (Å²) in [7, 11) is 0. The third kappa shape index (κ3) is 4.12. The van der Waals surface area contributed by atoms with Crippen LogP contribution in [0.5, 0.6) is 0 Å². The van der Waals surface area contributed by atoms with E-state index in [0.29, 0.717) is 43.3 Å². The highest BCUT2D eigenvalue weighted by Crippen LogP contribution is 2.33. The molecule has 31 heavy (non-hydrogen) atoms. The largest absolute Gasteiger partial charge is 0.463 e. The number of furan rings is 1. The standard InChI is InChI=1S/C24H35N3O4/c1-16(2)30-12-7-11-27-22(28)20-14-21-19(10-13-31-21)26(20)15-24(27,4)23(29)25-18-9-6-5-8-17(18)3/h10,13-14,16-18H,5-9,11-12,15H2,1-4H3,(H,25,29)/t17-,18+,24+/m0/s1. The molecule has 170 valence electrons. The van der Waals surface area contributed by atoms with Gasteiger partial charge in [0.1, 0.15) is 11.2 Å². The average Bonchev–Trinajstić information content (AvgIpc) is 3.31. The van der Waals surface area contributed by atoms with E-state index in [1.165, 1.54) is 6.42 Å². The quantitative estimate of drug-likeness (QED) is 0.676. The number of carbonyl (C=O) groups excluding carboxylic acids is 2. The lowest BCUT2D eigenvalue weighted by atomic mass is 9.85. The molecule has 3 heterocycles. The lowest BCUT2D eigenvalue weighted by Gasteiger charge is -2.45. The second-order valence-corrected chi connectivity index (χ2v) is 9.63. The van der Waals surface area contributed by atoms with Crippen molar-refractivity contribution in [1.29, 1.82) is 0 Å². The van der Waals surface area contributed by atoms with E-state index in [1.54, 1.807) is 17.2 Å². The van der Waals surface area contributed by atoms with Crippen LogP contribution in [-0.2, 0) is 16.1 Å². The minimum absolute atomic E-state index is 0.0691. The molecular weight excluding hydrogens is 394 g/mol. The van der Waals surface area contributed by atoms with Crippen LogP contribution >= 0.6 is 0 Å². The zero-order chi connectivity index (χ0) is 22.2. The predicted octanol–water partition coefficient (Wildman–Crippen LogP) is 3.96. The van der Waals surface area contributed by atoms with Crippen LogP contribution in [0.15, 0.2) is 22.8 Å². The maximum atomic E-state index is 13.7. The van der Waals surface area contributed by atoms with Crippen LogP contribution in [-0.4, -0.2) is 52.1 Å². The monoisotopic (exact) mass is 429 g/mol. The molecule has 4 rings (SSSR count). The summed E-state index contributed by atoms with van der Waals surface area (Å²) in [4.78, 5) is 28.9. The molecular formula is C24H35N3O4. The number of amides is 2. The molecule has 7 nitrogen and oxygen atoms in total. The van der Waals surface area contributed by atoms with E-state index in [9.17, 15) is 9.59 Å². The molecule has 2 amide bonds. The van der Waals surface area contributed by atoms with E-state index in [2.05, 4.69) is 12.2 Å². The fraction of sp³-hybridized carbons (Fsp3) is 0.667. The molecule has 3 atom stereocenters. The van der Waals surface area contributed by atoms with Gasteiger partial charge in [-0.2, -0.15) is 0 Å². The number of hydrogen-bond acceptors (Lipinski definition) is 4. The van der Waals surface area contributed by atoms with Gasteiger partial charge in [-0.25, -0.2) is 0 Å². The van der Waals surface area contributed by atoms with E-state index in [-0.39, 0.29) is 24.0 Å². The summed E-state index contributed by atoms with van der Waals surface area (Å²) in [6, 6.07) is 3.81. The second-order valence-electron chi connectivity index (χ2n) is 9.63. The minimum atomic E-state index is -0.970. The highest BCUT2D eigenvalue weighted by atomic mass is 16.5. The normalized spacial score (nSPS) is 26.5. The fourth-order valence-corrected chi connectivity index (χ4v) is 5.02. The zero-order valence-corrected chi connectivity index (χ0v) is 19.1. The molecule has 0 saturated heterocycles. The number of ether oxygens (including phenoxy) is 1. The summed E-state index contributed by atoms with van der Waals surface area (Å²) in [5, 5.41) is 3.30. The Balaban J connectivity index is 1.61. The van der Waals surface area contributed by atoms with Gasteiger partial charge in [0.2, 0.25) is 5.91 Å². The van der Waals surface area contributed by atoms with E-state index in [4.69, 9.17) is 9.15 Å². The van der Waals surface area contributed by atoms with Crippen molar-refractivity contribution in [2.24, 2.45) is 5.92 Å². The second kappa shape index (κ2) is 8.69. The van der Waals surface area contributed by atoms with E-state index >= 15 is 0 Å². The van der Waals surface area contributed by atoms with E-state index < -0.39 is 5.54 Å². The highest BCUT2D eigenvalue weighted by molar-refractivity contribution is 6.02. The molecule has 0 bridgehead atoms. The minimum Gasteiger partial charge on any atom is -0.463 e. The number of rotatable bonds is 7. The molecule has 2 aromatic rings. The van der Waals surface area contributed by atoms with Crippen molar-refractivity contribution in [3.05, 3.63) is 24.1 Å². The van der Waals surface area contributed by atoms with Crippen molar-refractivity contribution in [1.82, 2.24) is 14.8 Å². The lowest BCUT2D eigenvalue weighted by Crippen LogP contribution is -2.65. The van der Waals surface area contributed by atoms with Crippen LogP contribution < -0.4 is 5.32 Å². The summed E-state index contributed by atoms with van der Waals surface area (Å²) in [5.41, 5.74) is 1.14. The Morgan fingerprint density at radius 1 is 1.35 bits per heavy atom.